The Morgan fingerprint density at radius 2 is 2.24 bits per heavy atom. The van der Waals surface area contributed by atoms with Gasteiger partial charge in [0.15, 0.2) is 0 Å². The summed E-state index contributed by atoms with van der Waals surface area (Å²) >= 11 is 0. The Kier molecular flexibility index (Phi) is 4.56. The summed E-state index contributed by atoms with van der Waals surface area (Å²) in [5, 5.41) is 10.2. The van der Waals surface area contributed by atoms with Gasteiger partial charge in [0.2, 0.25) is 0 Å². The van der Waals surface area contributed by atoms with E-state index in [-0.39, 0.29) is 17.6 Å². The minimum Gasteiger partial charge on any atom is -0.469 e. The first-order valence-electron chi connectivity index (χ1n) is 5.19. The summed E-state index contributed by atoms with van der Waals surface area (Å²) < 4.78 is 4.44. The topological polar surface area (TPSA) is 82.3 Å². The molecule has 1 aliphatic rings. The maximum atomic E-state index is 10.4. The van der Waals surface area contributed by atoms with Gasteiger partial charge in [0.1, 0.15) is 6.20 Å². The van der Waals surface area contributed by atoms with Crippen LogP contribution in [0, 0.1) is 23.0 Å². The van der Waals surface area contributed by atoms with Crippen molar-refractivity contribution in [2.24, 2.45) is 5.92 Å². The van der Waals surface area contributed by atoms with Gasteiger partial charge in [-0.05, 0) is 25.8 Å². The average molecular weight is 238 g/mol. The Bertz CT molecular complexity index is 416. The zero-order valence-electron chi connectivity index (χ0n) is 9.75. The van der Waals surface area contributed by atoms with E-state index < -0.39 is 4.92 Å². The van der Waals surface area contributed by atoms with Gasteiger partial charge < -0.3 is 4.74 Å². The number of nitro groups is 1. The number of esters is 1. The van der Waals surface area contributed by atoms with Crippen LogP contribution in [0.3, 0.4) is 0 Å². The Labute approximate surface area is 98.8 Å². The van der Waals surface area contributed by atoms with Crippen LogP contribution in [0.2, 0.25) is 0 Å². The molecule has 6 nitrogen and oxygen atoms in total. The molecule has 0 atom stereocenters. The molecule has 1 fully saturated rings. The number of carbonyl (C=O) groups excluding carboxylic acids is 1. The van der Waals surface area contributed by atoms with Crippen LogP contribution in [0.4, 0.5) is 5.69 Å². The van der Waals surface area contributed by atoms with Crippen LogP contribution in [0.15, 0.2) is 18.5 Å². The molecule has 0 aromatic carbocycles. The van der Waals surface area contributed by atoms with Crippen LogP contribution in [0.1, 0.15) is 18.4 Å². The zero-order chi connectivity index (χ0) is 12.8. The molecule has 0 N–H and O–H groups in total. The fourth-order valence-corrected chi connectivity index (χ4v) is 1.13. The highest BCUT2D eigenvalue weighted by Crippen LogP contribution is 2.29. The van der Waals surface area contributed by atoms with Crippen LogP contribution in [-0.2, 0) is 9.53 Å². The van der Waals surface area contributed by atoms with E-state index in [1.165, 1.54) is 19.5 Å². The molecule has 0 amide bonds. The Hall–Kier alpha value is -1.98. The Balaban J connectivity index is 0.000000181. The summed E-state index contributed by atoms with van der Waals surface area (Å²) in [4.78, 5) is 23.7. The van der Waals surface area contributed by atoms with Gasteiger partial charge in [0.05, 0.1) is 18.0 Å². The number of ether oxygens (including phenoxy) is 1. The molecule has 0 unspecified atom stereocenters. The van der Waals surface area contributed by atoms with Crippen LogP contribution in [0.25, 0.3) is 0 Å². The lowest BCUT2D eigenvalue weighted by atomic mass is 10.3. The van der Waals surface area contributed by atoms with E-state index in [2.05, 4.69) is 9.72 Å². The second-order valence-corrected chi connectivity index (χ2v) is 3.72. The van der Waals surface area contributed by atoms with E-state index >= 15 is 0 Å². The molecule has 1 aliphatic carbocycles. The minimum atomic E-state index is -0.442. The van der Waals surface area contributed by atoms with E-state index in [9.17, 15) is 14.9 Å². The second kappa shape index (κ2) is 5.93. The Morgan fingerprint density at radius 1 is 1.59 bits per heavy atom. The van der Waals surface area contributed by atoms with E-state index in [1.807, 2.05) is 0 Å². The SMILES string of the molecule is COC(=O)C1CC1.Cc1ccncc1[N+](=O)[O-]. The standard InChI is InChI=1S/C6H6N2O2.C5H8O2/c1-5-2-3-7-4-6(5)8(9)10;1-7-5(6)4-2-3-4/h2-4H,1H3;4H,2-3H2,1H3. The van der Waals surface area contributed by atoms with Gasteiger partial charge in [-0.2, -0.15) is 0 Å². The van der Waals surface area contributed by atoms with E-state index in [0.29, 0.717) is 5.56 Å². The predicted octanol–water partition coefficient (Wildman–Crippen LogP) is 1.87. The van der Waals surface area contributed by atoms with E-state index in [1.54, 1.807) is 13.0 Å². The first-order valence-corrected chi connectivity index (χ1v) is 5.19. The molecular weight excluding hydrogens is 224 g/mol. The number of rotatable bonds is 2. The fourth-order valence-electron chi connectivity index (χ4n) is 1.13. The van der Waals surface area contributed by atoms with Gasteiger partial charge in [0.25, 0.3) is 5.69 Å². The smallest absolute Gasteiger partial charge is 0.308 e. The van der Waals surface area contributed by atoms with Crippen LogP contribution >= 0.6 is 0 Å². The highest BCUT2D eigenvalue weighted by molar-refractivity contribution is 5.74. The van der Waals surface area contributed by atoms with E-state index in [0.717, 1.165) is 12.8 Å². The van der Waals surface area contributed by atoms with Crippen LogP contribution in [0.5, 0.6) is 0 Å². The lowest BCUT2D eigenvalue weighted by Gasteiger charge is -1.91. The van der Waals surface area contributed by atoms with Crippen molar-refractivity contribution in [1.82, 2.24) is 4.98 Å². The van der Waals surface area contributed by atoms with Crippen molar-refractivity contribution in [2.45, 2.75) is 19.8 Å². The van der Waals surface area contributed by atoms with Gasteiger partial charge in [-0.3, -0.25) is 19.9 Å². The number of aryl methyl sites for hydroxylation is 1. The highest BCUT2D eigenvalue weighted by atomic mass is 16.6. The van der Waals surface area contributed by atoms with Crippen molar-refractivity contribution < 1.29 is 14.5 Å². The molecule has 0 radical (unpaired) electrons. The number of carbonyl (C=O) groups is 1. The van der Waals surface area contributed by atoms with Crippen LogP contribution in [-0.4, -0.2) is 23.0 Å². The summed E-state index contributed by atoms with van der Waals surface area (Å²) in [5.74, 6) is 0.213. The number of aromatic nitrogens is 1. The summed E-state index contributed by atoms with van der Waals surface area (Å²) in [6, 6.07) is 1.61. The number of hydrogen-bond donors (Lipinski definition) is 0. The molecule has 1 saturated carbocycles. The van der Waals surface area contributed by atoms with Crippen molar-refractivity contribution in [2.75, 3.05) is 7.11 Å². The number of methoxy groups -OCH3 is 1. The molecule has 1 heterocycles. The van der Waals surface area contributed by atoms with Crippen molar-refractivity contribution in [3.63, 3.8) is 0 Å². The molecular formula is C11H14N2O4. The first kappa shape index (κ1) is 13.1. The molecule has 0 spiro atoms. The average Bonchev–Trinajstić information content (AvgIpc) is 3.13. The predicted molar refractivity (Wildman–Crippen MR) is 60.4 cm³/mol. The van der Waals surface area contributed by atoms with Gasteiger partial charge in [-0.15, -0.1) is 0 Å². The van der Waals surface area contributed by atoms with Gasteiger partial charge in [-0.1, -0.05) is 0 Å². The van der Waals surface area contributed by atoms with Crippen molar-refractivity contribution in [1.29, 1.82) is 0 Å². The zero-order valence-corrected chi connectivity index (χ0v) is 9.75. The molecule has 6 heteroatoms. The summed E-state index contributed by atoms with van der Waals surface area (Å²) in [7, 11) is 1.43. The minimum absolute atomic E-state index is 0.0417. The lowest BCUT2D eigenvalue weighted by Crippen LogP contribution is -2.00. The van der Waals surface area contributed by atoms with Crippen LogP contribution < -0.4 is 0 Å². The van der Waals surface area contributed by atoms with Gasteiger partial charge in [0, 0.05) is 11.8 Å². The number of nitrogens with zero attached hydrogens (tertiary/aromatic N) is 2. The summed E-state index contributed by atoms with van der Waals surface area (Å²) in [5.41, 5.74) is 0.711. The third-order valence-electron chi connectivity index (χ3n) is 2.32. The quantitative estimate of drug-likeness (QED) is 0.446. The number of pyridine rings is 1. The molecule has 2 rings (SSSR count). The lowest BCUT2D eigenvalue weighted by molar-refractivity contribution is -0.385. The van der Waals surface area contributed by atoms with Gasteiger partial charge in [-0.25, -0.2) is 0 Å². The van der Waals surface area contributed by atoms with Crippen molar-refractivity contribution >= 4 is 11.7 Å². The highest BCUT2D eigenvalue weighted by Gasteiger charge is 2.30. The molecule has 0 saturated heterocycles. The first-order chi connectivity index (χ1) is 8.06. The third kappa shape index (κ3) is 4.18. The summed E-state index contributed by atoms with van der Waals surface area (Å²) in [6.07, 6.45) is 4.84. The molecule has 0 aliphatic heterocycles. The van der Waals surface area contributed by atoms with E-state index in [4.69, 9.17) is 0 Å². The monoisotopic (exact) mass is 238 g/mol. The second-order valence-electron chi connectivity index (χ2n) is 3.72. The molecule has 1 aromatic rings. The molecule has 0 bridgehead atoms. The fraction of sp³-hybridized carbons (Fsp3) is 0.455. The van der Waals surface area contributed by atoms with Crippen molar-refractivity contribution in [3.8, 4) is 0 Å². The molecule has 1 aromatic heterocycles. The normalized spacial score (nSPS) is 13.3. The maximum absolute atomic E-state index is 10.4. The molecule has 92 valence electrons. The number of hydrogen-bond acceptors (Lipinski definition) is 5. The van der Waals surface area contributed by atoms with Crippen molar-refractivity contribution in [3.05, 3.63) is 34.1 Å². The largest absolute Gasteiger partial charge is 0.469 e. The Morgan fingerprint density at radius 3 is 2.53 bits per heavy atom. The van der Waals surface area contributed by atoms with Gasteiger partial charge >= 0.3 is 5.97 Å². The maximum Gasteiger partial charge on any atom is 0.308 e. The summed E-state index contributed by atoms with van der Waals surface area (Å²) in [6.45, 7) is 1.68. The third-order valence-corrected chi connectivity index (χ3v) is 2.32. The molecule has 17 heavy (non-hydrogen) atoms.